The quantitative estimate of drug-likeness (QED) is 0.553. The van der Waals surface area contributed by atoms with Gasteiger partial charge in [0.2, 0.25) is 5.92 Å². The molecule has 0 unspecified atom stereocenters. The molecule has 36 heavy (non-hydrogen) atoms. The van der Waals surface area contributed by atoms with E-state index in [0.717, 1.165) is 11.3 Å². The van der Waals surface area contributed by atoms with Crippen molar-refractivity contribution in [2.24, 2.45) is 5.92 Å². The van der Waals surface area contributed by atoms with Crippen molar-refractivity contribution < 1.29 is 13.6 Å². The zero-order valence-electron chi connectivity index (χ0n) is 19.5. The van der Waals surface area contributed by atoms with Crippen LogP contribution < -0.4 is 16.2 Å². The number of aryl methyl sites for hydroxylation is 1. The van der Waals surface area contributed by atoms with Gasteiger partial charge in [0.15, 0.2) is 0 Å². The van der Waals surface area contributed by atoms with Gasteiger partial charge in [0.1, 0.15) is 22.7 Å². The van der Waals surface area contributed by atoms with Gasteiger partial charge in [0.25, 0.3) is 11.5 Å². The van der Waals surface area contributed by atoms with Crippen molar-refractivity contribution >= 4 is 39.0 Å². The largest absolute Gasteiger partial charge is 0.335 e. The summed E-state index contributed by atoms with van der Waals surface area (Å²) >= 11 is 1.23. The van der Waals surface area contributed by atoms with Crippen LogP contribution in [0.3, 0.4) is 0 Å². The molecule has 3 aliphatic rings. The zero-order chi connectivity index (χ0) is 25.2. The molecule has 2 aliphatic heterocycles. The second-order valence-corrected chi connectivity index (χ2v) is 10.8. The highest BCUT2D eigenvalue weighted by Gasteiger charge is 2.48. The number of hydrogen-bond donors (Lipinski definition) is 2. The summed E-state index contributed by atoms with van der Waals surface area (Å²) in [7, 11) is 0. The smallest absolute Gasteiger partial charge is 0.276 e. The van der Waals surface area contributed by atoms with E-state index < -0.39 is 11.6 Å². The number of halogens is 2. The Hall–Kier alpha value is -3.43. The van der Waals surface area contributed by atoms with E-state index in [1.807, 2.05) is 6.92 Å². The summed E-state index contributed by atoms with van der Waals surface area (Å²) in [6.07, 6.45) is 1.17. The molecule has 1 saturated carbocycles. The van der Waals surface area contributed by atoms with Crippen molar-refractivity contribution in [2.75, 3.05) is 18.4 Å². The molecule has 3 aromatic rings. The number of aromatic nitrogens is 3. The van der Waals surface area contributed by atoms with E-state index in [-0.39, 0.29) is 48.8 Å². The minimum atomic E-state index is -2.71. The molecule has 0 radical (unpaired) electrons. The Labute approximate surface area is 208 Å². The van der Waals surface area contributed by atoms with Crippen molar-refractivity contribution in [3.05, 3.63) is 44.9 Å². The molecule has 12 heteroatoms. The number of carbonyl (C=O) groups excluding carboxylic acids is 1. The molecule has 3 aromatic heterocycles. The van der Waals surface area contributed by atoms with Crippen molar-refractivity contribution in [1.82, 2.24) is 24.8 Å². The van der Waals surface area contributed by atoms with Crippen LogP contribution in [0.4, 0.5) is 20.3 Å². The lowest BCUT2D eigenvalue weighted by Crippen LogP contribution is -2.50. The highest BCUT2D eigenvalue weighted by molar-refractivity contribution is 7.20. The Morgan fingerprint density at radius 1 is 1.25 bits per heavy atom. The number of amides is 1. The van der Waals surface area contributed by atoms with Gasteiger partial charge in [0.05, 0.1) is 27.9 Å². The Morgan fingerprint density at radius 2 is 2.00 bits per heavy atom. The van der Waals surface area contributed by atoms with Gasteiger partial charge in [-0.1, -0.05) is 0 Å². The van der Waals surface area contributed by atoms with Gasteiger partial charge < -0.3 is 10.2 Å². The third-order valence-electron chi connectivity index (χ3n) is 7.49. The van der Waals surface area contributed by atoms with E-state index in [1.54, 1.807) is 21.6 Å². The fourth-order valence-electron chi connectivity index (χ4n) is 5.37. The second kappa shape index (κ2) is 8.04. The summed E-state index contributed by atoms with van der Waals surface area (Å²) < 4.78 is 29.5. The van der Waals surface area contributed by atoms with Gasteiger partial charge in [-0.05, 0) is 37.5 Å². The number of pyridine rings is 1. The standard InChI is InChI=1S/C24H23F2N7O2S/c1-13-6-16(21(34)33-17(13)9-30-24(33)4-2-23(25,26)3-5-24)31-19-15-7-18(36-20(15)29-12-28-19)22(35)32-10-14(8-27)11-32/h6-7,12,14,30H,2-5,9-11H2,1H3,(H,28,29,31). The summed E-state index contributed by atoms with van der Waals surface area (Å²) in [6, 6.07) is 5.61. The molecule has 1 aliphatic carbocycles. The minimum Gasteiger partial charge on any atom is -0.335 e. The van der Waals surface area contributed by atoms with Gasteiger partial charge in [-0.25, -0.2) is 18.7 Å². The molecule has 0 bridgehead atoms. The number of nitriles is 1. The van der Waals surface area contributed by atoms with E-state index in [4.69, 9.17) is 5.26 Å². The Balaban J connectivity index is 1.34. The molecule has 1 saturated heterocycles. The maximum atomic E-state index is 13.9. The summed E-state index contributed by atoms with van der Waals surface area (Å²) in [5, 5.41) is 16.0. The molecule has 1 spiro atoms. The second-order valence-electron chi connectivity index (χ2n) is 9.78. The Bertz CT molecular complexity index is 1490. The predicted octanol–water partition coefficient (Wildman–Crippen LogP) is 3.47. The fourth-order valence-corrected chi connectivity index (χ4v) is 6.34. The molecule has 1 amide bonds. The molecule has 9 nitrogen and oxygen atoms in total. The third kappa shape index (κ3) is 3.57. The number of alkyl halides is 2. The molecular weight excluding hydrogens is 488 g/mol. The zero-order valence-corrected chi connectivity index (χ0v) is 20.3. The first kappa shape index (κ1) is 23.0. The lowest BCUT2D eigenvalue weighted by molar-refractivity contribution is -0.0678. The molecule has 0 aromatic carbocycles. The normalized spacial score (nSPS) is 20.2. The Kier molecular flexibility index (Phi) is 5.14. The summed E-state index contributed by atoms with van der Waals surface area (Å²) in [5.74, 6) is -2.62. The van der Waals surface area contributed by atoms with Crippen LogP contribution in [0.1, 0.15) is 46.6 Å². The highest BCUT2D eigenvalue weighted by atomic mass is 32.1. The topological polar surface area (TPSA) is 116 Å². The maximum absolute atomic E-state index is 13.9. The van der Waals surface area contributed by atoms with Crippen LogP contribution in [0.5, 0.6) is 0 Å². The van der Waals surface area contributed by atoms with Crippen LogP contribution in [0, 0.1) is 24.2 Å². The Morgan fingerprint density at radius 3 is 2.72 bits per heavy atom. The van der Waals surface area contributed by atoms with Crippen LogP contribution in [0.2, 0.25) is 0 Å². The summed E-state index contributed by atoms with van der Waals surface area (Å²) in [6.45, 7) is 3.16. The number of anilines is 2. The predicted molar refractivity (Wildman–Crippen MR) is 129 cm³/mol. The van der Waals surface area contributed by atoms with E-state index in [2.05, 4.69) is 26.7 Å². The van der Waals surface area contributed by atoms with E-state index in [0.29, 0.717) is 40.5 Å². The summed E-state index contributed by atoms with van der Waals surface area (Å²) in [4.78, 5) is 37.8. The van der Waals surface area contributed by atoms with Crippen molar-refractivity contribution in [1.29, 1.82) is 5.26 Å². The SMILES string of the molecule is Cc1cc(Nc2ncnc3sc(C(=O)N4CC(C#N)C4)cc23)c(=O)n2c1CNC21CCC(F)(F)CC1. The fraction of sp³-hybridized carbons (Fsp3) is 0.458. The number of likely N-dealkylation sites (tertiary alicyclic amines) is 1. The van der Waals surface area contributed by atoms with Gasteiger partial charge in [0, 0.05) is 38.2 Å². The first-order chi connectivity index (χ1) is 17.2. The number of carbonyl (C=O) groups is 1. The van der Waals surface area contributed by atoms with Gasteiger partial charge in [-0.15, -0.1) is 11.3 Å². The van der Waals surface area contributed by atoms with Crippen LogP contribution in [0.15, 0.2) is 23.3 Å². The molecule has 186 valence electrons. The third-order valence-corrected chi connectivity index (χ3v) is 8.52. The number of nitrogens with one attached hydrogen (secondary N) is 2. The molecule has 2 N–H and O–H groups in total. The van der Waals surface area contributed by atoms with Gasteiger partial charge in [-0.3, -0.25) is 19.5 Å². The number of nitrogens with zero attached hydrogens (tertiary/aromatic N) is 5. The van der Waals surface area contributed by atoms with Crippen molar-refractivity contribution in [3.63, 3.8) is 0 Å². The lowest BCUT2D eigenvalue weighted by Gasteiger charge is -2.39. The molecular formula is C24H23F2N7O2S. The number of rotatable bonds is 3. The molecule has 6 rings (SSSR count). The monoisotopic (exact) mass is 511 g/mol. The van der Waals surface area contributed by atoms with E-state index in [9.17, 15) is 18.4 Å². The van der Waals surface area contributed by atoms with Crippen molar-refractivity contribution in [3.8, 4) is 6.07 Å². The van der Waals surface area contributed by atoms with Crippen molar-refractivity contribution in [2.45, 2.75) is 50.7 Å². The van der Waals surface area contributed by atoms with Crippen LogP contribution in [-0.4, -0.2) is 44.4 Å². The number of thiophene rings is 1. The number of hydrogen-bond acceptors (Lipinski definition) is 8. The molecule has 5 heterocycles. The van der Waals surface area contributed by atoms with Crippen LogP contribution in [-0.2, 0) is 12.2 Å². The maximum Gasteiger partial charge on any atom is 0.276 e. The van der Waals surface area contributed by atoms with Crippen LogP contribution >= 0.6 is 11.3 Å². The molecule has 2 fully saturated rings. The van der Waals surface area contributed by atoms with Crippen LogP contribution in [0.25, 0.3) is 10.2 Å². The average Bonchev–Trinajstić information content (AvgIpc) is 3.42. The van der Waals surface area contributed by atoms with E-state index >= 15 is 0 Å². The minimum absolute atomic E-state index is 0.135. The first-order valence-electron chi connectivity index (χ1n) is 11.8. The summed E-state index contributed by atoms with van der Waals surface area (Å²) in [5.41, 5.74) is 0.841. The lowest BCUT2D eigenvalue weighted by atomic mass is 9.86. The number of fused-ring (bicyclic) bond motifs is 3. The molecule has 0 atom stereocenters. The highest BCUT2D eigenvalue weighted by Crippen LogP contribution is 2.43. The van der Waals surface area contributed by atoms with E-state index in [1.165, 1.54) is 17.7 Å². The first-order valence-corrected chi connectivity index (χ1v) is 12.6. The van der Waals surface area contributed by atoms with Gasteiger partial charge in [-0.2, -0.15) is 5.26 Å². The average molecular weight is 512 g/mol. The van der Waals surface area contributed by atoms with Gasteiger partial charge >= 0.3 is 0 Å².